The van der Waals surface area contributed by atoms with Crippen LogP contribution in [-0.2, 0) is 6.54 Å². The highest BCUT2D eigenvalue weighted by atomic mass is 16.5. The minimum atomic E-state index is 0.838. The summed E-state index contributed by atoms with van der Waals surface area (Å²) in [5.41, 5.74) is 1.29. The van der Waals surface area contributed by atoms with Gasteiger partial charge in [-0.2, -0.15) is 0 Å². The fraction of sp³-hybridized carbons (Fsp3) is 0.600. The summed E-state index contributed by atoms with van der Waals surface area (Å²) in [5, 5.41) is 3.32. The van der Waals surface area contributed by atoms with Crippen molar-refractivity contribution in [1.82, 2.24) is 5.32 Å². The van der Waals surface area contributed by atoms with Gasteiger partial charge in [0.05, 0.1) is 6.61 Å². The van der Waals surface area contributed by atoms with Gasteiger partial charge in [-0.3, -0.25) is 0 Å². The molecule has 96 valence electrons. The van der Waals surface area contributed by atoms with Crippen molar-refractivity contribution in [3.8, 4) is 5.75 Å². The zero-order valence-corrected chi connectivity index (χ0v) is 11.2. The lowest BCUT2D eigenvalue weighted by Crippen LogP contribution is -2.11. The summed E-state index contributed by atoms with van der Waals surface area (Å²) in [7, 11) is 0. The van der Waals surface area contributed by atoms with Crippen LogP contribution in [0.5, 0.6) is 5.75 Å². The maximum absolute atomic E-state index is 5.75. The molecule has 2 nitrogen and oxygen atoms in total. The third kappa shape index (κ3) is 6.32. The summed E-state index contributed by atoms with van der Waals surface area (Å²) in [5.74, 6) is 0.997. The van der Waals surface area contributed by atoms with Crippen LogP contribution in [-0.4, -0.2) is 13.2 Å². The van der Waals surface area contributed by atoms with E-state index in [1.807, 2.05) is 6.07 Å². The van der Waals surface area contributed by atoms with Crippen molar-refractivity contribution in [3.63, 3.8) is 0 Å². The molecule has 17 heavy (non-hydrogen) atoms. The van der Waals surface area contributed by atoms with Crippen LogP contribution in [0.3, 0.4) is 0 Å². The van der Waals surface area contributed by atoms with E-state index in [1.54, 1.807) is 0 Å². The smallest absolute Gasteiger partial charge is 0.119 e. The highest BCUT2D eigenvalue weighted by Gasteiger charge is 1.96. The summed E-state index contributed by atoms with van der Waals surface area (Å²) in [6, 6.07) is 8.36. The summed E-state index contributed by atoms with van der Waals surface area (Å²) in [4.78, 5) is 0. The summed E-state index contributed by atoms with van der Waals surface area (Å²) >= 11 is 0. The molecule has 0 aliphatic heterocycles. The van der Waals surface area contributed by atoms with E-state index in [0.29, 0.717) is 0 Å². The van der Waals surface area contributed by atoms with Crippen LogP contribution in [0.2, 0.25) is 0 Å². The van der Waals surface area contributed by atoms with Gasteiger partial charge in [0.25, 0.3) is 0 Å². The van der Waals surface area contributed by atoms with Gasteiger partial charge in [0, 0.05) is 6.54 Å². The van der Waals surface area contributed by atoms with E-state index in [9.17, 15) is 0 Å². The number of rotatable bonds is 9. The lowest BCUT2D eigenvalue weighted by Gasteiger charge is -2.08. The van der Waals surface area contributed by atoms with Crippen LogP contribution in [0.15, 0.2) is 24.3 Å². The largest absolute Gasteiger partial charge is 0.494 e. The second kappa shape index (κ2) is 9.06. The Morgan fingerprint density at radius 2 is 2.00 bits per heavy atom. The molecule has 0 bridgehead atoms. The Balaban J connectivity index is 2.27. The number of nitrogens with one attached hydrogen (secondary N) is 1. The van der Waals surface area contributed by atoms with Crippen LogP contribution in [0, 0.1) is 0 Å². The Morgan fingerprint density at radius 3 is 2.76 bits per heavy atom. The maximum Gasteiger partial charge on any atom is 0.119 e. The van der Waals surface area contributed by atoms with Crippen LogP contribution < -0.4 is 10.1 Å². The van der Waals surface area contributed by atoms with Crippen molar-refractivity contribution >= 4 is 0 Å². The number of ether oxygens (including phenoxy) is 1. The second-order valence-corrected chi connectivity index (χ2v) is 4.34. The Hall–Kier alpha value is -1.02. The summed E-state index contributed by atoms with van der Waals surface area (Å²) in [6.45, 7) is 7.11. The number of hydrogen-bond acceptors (Lipinski definition) is 2. The van der Waals surface area contributed by atoms with Crippen LogP contribution >= 0.6 is 0 Å². The predicted molar refractivity (Wildman–Crippen MR) is 73.5 cm³/mol. The minimum Gasteiger partial charge on any atom is -0.494 e. The standard InChI is InChI=1S/C15H25NO/c1-3-5-6-7-11-17-15-10-8-9-14(12-15)13-16-4-2/h8-10,12,16H,3-7,11,13H2,1-2H3. The summed E-state index contributed by atoms with van der Waals surface area (Å²) < 4.78 is 5.75. The monoisotopic (exact) mass is 235 g/mol. The lowest BCUT2D eigenvalue weighted by molar-refractivity contribution is 0.304. The van der Waals surface area contributed by atoms with Crippen LogP contribution in [0.1, 0.15) is 45.1 Å². The molecular weight excluding hydrogens is 210 g/mol. The van der Waals surface area contributed by atoms with Gasteiger partial charge >= 0.3 is 0 Å². The van der Waals surface area contributed by atoms with E-state index >= 15 is 0 Å². The van der Waals surface area contributed by atoms with Gasteiger partial charge < -0.3 is 10.1 Å². The maximum atomic E-state index is 5.75. The molecule has 1 aromatic rings. The highest BCUT2D eigenvalue weighted by Crippen LogP contribution is 2.14. The molecule has 0 spiro atoms. The minimum absolute atomic E-state index is 0.838. The molecule has 0 aliphatic rings. The molecule has 0 heterocycles. The van der Waals surface area contributed by atoms with E-state index in [2.05, 4.69) is 37.4 Å². The third-order valence-electron chi connectivity index (χ3n) is 2.74. The van der Waals surface area contributed by atoms with Crippen molar-refractivity contribution in [1.29, 1.82) is 0 Å². The molecule has 1 N–H and O–H groups in total. The first kappa shape index (κ1) is 14.0. The molecule has 0 saturated carbocycles. The molecular formula is C15H25NO. The predicted octanol–water partition coefficient (Wildman–Crippen LogP) is 3.76. The molecule has 0 fully saturated rings. The SMILES string of the molecule is CCCCCCOc1cccc(CNCC)c1. The molecule has 0 saturated heterocycles. The average molecular weight is 235 g/mol. The zero-order chi connectivity index (χ0) is 12.3. The van der Waals surface area contributed by atoms with Crippen LogP contribution in [0.25, 0.3) is 0 Å². The molecule has 2 heteroatoms. The van der Waals surface area contributed by atoms with E-state index in [0.717, 1.165) is 31.9 Å². The van der Waals surface area contributed by atoms with Gasteiger partial charge in [0.15, 0.2) is 0 Å². The topological polar surface area (TPSA) is 21.3 Å². The van der Waals surface area contributed by atoms with E-state index < -0.39 is 0 Å². The molecule has 0 aliphatic carbocycles. The fourth-order valence-electron chi connectivity index (χ4n) is 1.73. The molecule has 0 radical (unpaired) electrons. The molecule has 0 atom stereocenters. The van der Waals surface area contributed by atoms with E-state index in [4.69, 9.17) is 4.74 Å². The van der Waals surface area contributed by atoms with Crippen molar-refractivity contribution in [2.75, 3.05) is 13.2 Å². The van der Waals surface area contributed by atoms with Crippen molar-refractivity contribution in [2.45, 2.75) is 46.1 Å². The molecule has 0 aromatic heterocycles. The first-order valence-corrected chi connectivity index (χ1v) is 6.79. The van der Waals surface area contributed by atoms with Gasteiger partial charge in [-0.05, 0) is 30.7 Å². The zero-order valence-electron chi connectivity index (χ0n) is 11.2. The number of unbranched alkanes of at least 4 members (excludes halogenated alkanes) is 3. The molecule has 0 amide bonds. The van der Waals surface area contributed by atoms with Gasteiger partial charge in [-0.15, -0.1) is 0 Å². The normalized spacial score (nSPS) is 10.5. The summed E-state index contributed by atoms with van der Waals surface area (Å²) in [6.07, 6.45) is 5.01. The van der Waals surface area contributed by atoms with E-state index in [1.165, 1.54) is 24.8 Å². The quantitative estimate of drug-likeness (QED) is 0.658. The molecule has 1 aromatic carbocycles. The third-order valence-corrected chi connectivity index (χ3v) is 2.74. The van der Waals surface area contributed by atoms with Crippen molar-refractivity contribution in [2.24, 2.45) is 0 Å². The average Bonchev–Trinajstić information content (AvgIpc) is 2.37. The van der Waals surface area contributed by atoms with Crippen molar-refractivity contribution < 1.29 is 4.74 Å². The van der Waals surface area contributed by atoms with Crippen LogP contribution in [0.4, 0.5) is 0 Å². The Labute approximate surface area is 105 Å². The first-order valence-electron chi connectivity index (χ1n) is 6.79. The molecule has 1 rings (SSSR count). The second-order valence-electron chi connectivity index (χ2n) is 4.34. The molecule has 0 unspecified atom stereocenters. The van der Waals surface area contributed by atoms with Crippen molar-refractivity contribution in [3.05, 3.63) is 29.8 Å². The highest BCUT2D eigenvalue weighted by molar-refractivity contribution is 5.28. The van der Waals surface area contributed by atoms with E-state index in [-0.39, 0.29) is 0 Å². The Morgan fingerprint density at radius 1 is 1.12 bits per heavy atom. The lowest BCUT2D eigenvalue weighted by atomic mass is 10.2. The fourth-order valence-corrected chi connectivity index (χ4v) is 1.73. The van der Waals surface area contributed by atoms with Gasteiger partial charge in [-0.1, -0.05) is 45.2 Å². The van der Waals surface area contributed by atoms with Gasteiger partial charge in [0.2, 0.25) is 0 Å². The first-order chi connectivity index (χ1) is 8.36. The Bertz CT molecular complexity index is 299. The van der Waals surface area contributed by atoms with Gasteiger partial charge in [0.1, 0.15) is 5.75 Å². The number of hydrogen-bond donors (Lipinski definition) is 1. The van der Waals surface area contributed by atoms with Gasteiger partial charge in [-0.25, -0.2) is 0 Å². The Kier molecular flexibility index (Phi) is 7.48. The number of benzene rings is 1.